The lowest BCUT2D eigenvalue weighted by Gasteiger charge is -2.11. The molecule has 0 saturated heterocycles. The van der Waals surface area contributed by atoms with Crippen molar-refractivity contribution in [2.24, 2.45) is 4.99 Å². The molecule has 0 spiro atoms. The first-order chi connectivity index (χ1) is 11.9. The van der Waals surface area contributed by atoms with Crippen LogP contribution in [0.4, 0.5) is 8.78 Å². The summed E-state index contributed by atoms with van der Waals surface area (Å²) in [6, 6.07) is 10.7. The lowest BCUT2D eigenvalue weighted by atomic mass is 10.1. The molecule has 0 atom stereocenters. The standard InChI is InChI=1S/C16H14F2N2O4S/c1-23-11-6-7-13(24-16(17)18)10(8-11)9-19-15-12-4-2-3-5-14(12)25(21,22)20-15/h2-8,16H,9H2,1H3,(H,19,20). The van der Waals surface area contributed by atoms with Crippen molar-refractivity contribution >= 4 is 15.9 Å². The van der Waals surface area contributed by atoms with Crippen molar-refractivity contribution in [3.63, 3.8) is 0 Å². The van der Waals surface area contributed by atoms with Gasteiger partial charge in [-0.25, -0.2) is 8.42 Å². The Bertz CT molecular complexity index is 929. The van der Waals surface area contributed by atoms with Gasteiger partial charge in [-0.15, -0.1) is 0 Å². The molecule has 0 fully saturated rings. The molecule has 1 N–H and O–H groups in total. The van der Waals surface area contributed by atoms with Crippen LogP contribution >= 0.6 is 0 Å². The van der Waals surface area contributed by atoms with Crippen LogP contribution in [-0.2, 0) is 16.6 Å². The molecule has 0 amide bonds. The third-order valence-corrected chi connectivity index (χ3v) is 4.95. The second-order valence-corrected chi connectivity index (χ2v) is 6.77. The van der Waals surface area contributed by atoms with Crippen molar-refractivity contribution in [1.82, 2.24) is 4.72 Å². The zero-order valence-corrected chi connectivity index (χ0v) is 13.9. The Morgan fingerprint density at radius 1 is 1.20 bits per heavy atom. The number of hydrogen-bond donors (Lipinski definition) is 1. The molecule has 2 aromatic rings. The molecule has 1 heterocycles. The van der Waals surface area contributed by atoms with E-state index < -0.39 is 16.6 Å². The first-order valence-corrected chi connectivity index (χ1v) is 8.67. The summed E-state index contributed by atoms with van der Waals surface area (Å²) in [5.41, 5.74) is 0.775. The predicted molar refractivity (Wildman–Crippen MR) is 86.6 cm³/mol. The number of nitrogens with zero attached hydrogens (tertiary/aromatic N) is 1. The molecule has 132 valence electrons. The van der Waals surface area contributed by atoms with E-state index in [0.29, 0.717) is 16.9 Å². The van der Waals surface area contributed by atoms with Crippen LogP contribution in [0.5, 0.6) is 11.5 Å². The van der Waals surface area contributed by atoms with Gasteiger partial charge in [0.25, 0.3) is 10.0 Å². The number of alkyl halides is 2. The van der Waals surface area contributed by atoms with Gasteiger partial charge in [0.1, 0.15) is 17.3 Å². The van der Waals surface area contributed by atoms with Crippen molar-refractivity contribution in [1.29, 1.82) is 0 Å². The molecule has 1 aliphatic heterocycles. The van der Waals surface area contributed by atoms with Crippen molar-refractivity contribution in [2.75, 3.05) is 7.11 Å². The fourth-order valence-corrected chi connectivity index (χ4v) is 3.68. The highest BCUT2D eigenvalue weighted by Gasteiger charge is 2.30. The third-order valence-electron chi connectivity index (χ3n) is 3.55. The number of halogens is 2. The maximum Gasteiger partial charge on any atom is 0.387 e. The smallest absolute Gasteiger partial charge is 0.387 e. The molecule has 6 nitrogen and oxygen atoms in total. The van der Waals surface area contributed by atoms with Crippen molar-refractivity contribution < 1.29 is 26.7 Å². The van der Waals surface area contributed by atoms with E-state index in [1.54, 1.807) is 18.2 Å². The summed E-state index contributed by atoms with van der Waals surface area (Å²) >= 11 is 0. The summed E-state index contributed by atoms with van der Waals surface area (Å²) < 4.78 is 61.1. The highest BCUT2D eigenvalue weighted by Crippen LogP contribution is 2.28. The van der Waals surface area contributed by atoms with E-state index in [2.05, 4.69) is 14.5 Å². The van der Waals surface area contributed by atoms with Crippen LogP contribution < -0.4 is 14.2 Å². The van der Waals surface area contributed by atoms with E-state index in [1.807, 2.05) is 0 Å². The first-order valence-electron chi connectivity index (χ1n) is 7.19. The van der Waals surface area contributed by atoms with E-state index in [0.717, 1.165) is 0 Å². The van der Waals surface area contributed by atoms with Gasteiger partial charge >= 0.3 is 6.61 Å². The van der Waals surface area contributed by atoms with E-state index in [9.17, 15) is 17.2 Å². The number of fused-ring (bicyclic) bond motifs is 1. The molecule has 9 heteroatoms. The molecule has 0 aromatic heterocycles. The van der Waals surface area contributed by atoms with Gasteiger partial charge in [-0.2, -0.15) is 8.78 Å². The Morgan fingerprint density at radius 2 is 1.96 bits per heavy atom. The van der Waals surface area contributed by atoms with E-state index >= 15 is 0 Å². The van der Waals surface area contributed by atoms with Crippen LogP contribution in [0, 0.1) is 0 Å². The van der Waals surface area contributed by atoms with Gasteiger partial charge in [-0.3, -0.25) is 9.71 Å². The van der Waals surface area contributed by atoms with E-state index in [1.165, 1.54) is 31.4 Å². The molecule has 0 saturated carbocycles. The molecule has 0 bridgehead atoms. The summed E-state index contributed by atoms with van der Waals surface area (Å²) in [6.07, 6.45) is 0. The Morgan fingerprint density at radius 3 is 2.68 bits per heavy atom. The molecule has 2 aromatic carbocycles. The lowest BCUT2D eigenvalue weighted by molar-refractivity contribution is -0.0504. The van der Waals surface area contributed by atoms with Gasteiger partial charge in [0.15, 0.2) is 0 Å². The molecule has 1 aliphatic rings. The summed E-state index contributed by atoms with van der Waals surface area (Å²) in [6.45, 7) is -3.05. The van der Waals surface area contributed by atoms with Gasteiger partial charge < -0.3 is 9.47 Å². The fourth-order valence-electron chi connectivity index (χ4n) is 2.43. The average Bonchev–Trinajstić information content (AvgIpc) is 2.85. The monoisotopic (exact) mass is 368 g/mol. The number of hydrogen-bond acceptors (Lipinski definition) is 5. The average molecular weight is 368 g/mol. The molecular weight excluding hydrogens is 354 g/mol. The number of sulfonamides is 1. The molecule has 0 unspecified atom stereocenters. The quantitative estimate of drug-likeness (QED) is 0.880. The highest BCUT2D eigenvalue weighted by molar-refractivity contribution is 7.90. The second kappa shape index (κ2) is 6.67. The number of nitrogens with one attached hydrogen (secondary N) is 1. The maximum atomic E-state index is 12.5. The van der Waals surface area contributed by atoms with Gasteiger partial charge in [0, 0.05) is 11.1 Å². The summed E-state index contributed by atoms with van der Waals surface area (Å²) in [5, 5.41) is 0. The highest BCUT2D eigenvalue weighted by atomic mass is 32.2. The first kappa shape index (κ1) is 17.2. The number of rotatable bonds is 5. The number of amidine groups is 1. The van der Waals surface area contributed by atoms with E-state index in [4.69, 9.17) is 4.74 Å². The molecule has 0 aliphatic carbocycles. The van der Waals surface area contributed by atoms with Gasteiger partial charge in [0.2, 0.25) is 0 Å². The van der Waals surface area contributed by atoms with Gasteiger partial charge in [-0.1, -0.05) is 12.1 Å². The van der Waals surface area contributed by atoms with Crippen LogP contribution in [0.1, 0.15) is 11.1 Å². The number of aliphatic imine (C=N–C) groups is 1. The van der Waals surface area contributed by atoms with E-state index in [-0.39, 0.29) is 23.0 Å². The van der Waals surface area contributed by atoms with Crippen molar-refractivity contribution in [2.45, 2.75) is 18.1 Å². The Balaban J connectivity index is 1.95. The molecule has 0 radical (unpaired) electrons. The molecule has 25 heavy (non-hydrogen) atoms. The summed E-state index contributed by atoms with van der Waals surface area (Å²) in [5.74, 6) is 0.555. The predicted octanol–water partition coefficient (Wildman–Crippen LogP) is 2.54. The molecular formula is C16H14F2N2O4S. The van der Waals surface area contributed by atoms with Crippen LogP contribution in [0.25, 0.3) is 0 Å². The SMILES string of the molecule is COc1ccc(OC(F)F)c(CN=C2NS(=O)(=O)c3ccccc32)c1. The van der Waals surface area contributed by atoms with Crippen LogP contribution in [-0.4, -0.2) is 28.0 Å². The van der Waals surface area contributed by atoms with Gasteiger partial charge in [-0.05, 0) is 30.3 Å². The largest absolute Gasteiger partial charge is 0.497 e. The lowest BCUT2D eigenvalue weighted by Crippen LogP contribution is -2.22. The Labute approximate surface area is 143 Å². The van der Waals surface area contributed by atoms with Crippen LogP contribution in [0.15, 0.2) is 52.4 Å². The van der Waals surface area contributed by atoms with Crippen LogP contribution in [0.2, 0.25) is 0 Å². The minimum Gasteiger partial charge on any atom is -0.497 e. The minimum absolute atomic E-state index is 0.0470. The van der Waals surface area contributed by atoms with Gasteiger partial charge in [0.05, 0.1) is 18.6 Å². The molecule has 3 rings (SSSR count). The topological polar surface area (TPSA) is 77.0 Å². The summed E-state index contributed by atoms with van der Waals surface area (Å²) in [4.78, 5) is 4.35. The zero-order chi connectivity index (χ0) is 18.0. The number of benzene rings is 2. The Hall–Kier alpha value is -2.68. The third kappa shape index (κ3) is 3.55. The minimum atomic E-state index is -3.66. The zero-order valence-electron chi connectivity index (χ0n) is 13.1. The number of ether oxygens (including phenoxy) is 2. The van der Waals surface area contributed by atoms with Crippen LogP contribution in [0.3, 0.4) is 0 Å². The Kier molecular flexibility index (Phi) is 4.58. The fraction of sp³-hybridized carbons (Fsp3) is 0.188. The second-order valence-electron chi connectivity index (χ2n) is 5.12. The number of methoxy groups -OCH3 is 1. The maximum absolute atomic E-state index is 12.5. The van der Waals surface area contributed by atoms with Crippen molar-refractivity contribution in [3.8, 4) is 11.5 Å². The summed E-state index contributed by atoms with van der Waals surface area (Å²) in [7, 11) is -2.21. The van der Waals surface area contributed by atoms with Crippen molar-refractivity contribution in [3.05, 3.63) is 53.6 Å². The normalized spacial score (nSPS) is 16.6.